The maximum Gasteiger partial charge on any atom is 0.435 e. The predicted molar refractivity (Wildman–Crippen MR) is 72.0 cm³/mol. The molecule has 0 radical (unpaired) electrons. The predicted octanol–water partition coefficient (Wildman–Crippen LogP) is 3.50. The van der Waals surface area contributed by atoms with Gasteiger partial charge in [-0.3, -0.25) is 9.48 Å². The van der Waals surface area contributed by atoms with Crippen LogP contribution in [-0.2, 0) is 17.5 Å². The summed E-state index contributed by atoms with van der Waals surface area (Å²) in [4.78, 5) is 11.8. The number of aromatic nitrogens is 2. The SMILES string of the molecule is Cc1ccc(Cl)cc1NC(=O)Cn1ccc(C(F)(F)F)n1. The van der Waals surface area contributed by atoms with E-state index >= 15 is 0 Å². The Morgan fingerprint density at radius 3 is 2.71 bits per heavy atom. The van der Waals surface area contributed by atoms with Crippen molar-refractivity contribution in [1.82, 2.24) is 9.78 Å². The molecule has 8 heteroatoms. The first-order chi connectivity index (χ1) is 9.75. The van der Waals surface area contributed by atoms with Crippen molar-refractivity contribution in [2.45, 2.75) is 19.6 Å². The zero-order valence-corrected chi connectivity index (χ0v) is 11.7. The van der Waals surface area contributed by atoms with Gasteiger partial charge in [-0.2, -0.15) is 18.3 Å². The van der Waals surface area contributed by atoms with E-state index < -0.39 is 17.8 Å². The Balaban J connectivity index is 2.05. The minimum atomic E-state index is -4.52. The Bertz CT molecular complexity index is 667. The normalized spacial score (nSPS) is 11.5. The minimum absolute atomic E-state index is 0.317. The molecule has 112 valence electrons. The highest BCUT2D eigenvalue weighted by Gasteiger charge is 2.33. The molecule has 0 atom stereocenters. The van der Waals surface area contributed by atoms with Gasteiger partial charge in [-0.1, -0.05) is 17.7 Å². The summed E-state index contributed by atoms with van der Waals surface area (Å²) >= 11 is 5.82. The Hall–Kier alpha value is -2.02. The number of anilines is 1. The molecule has 1 amide bonds. The van der Waals surface area contributed by atoms with Gasteiger partial charge in [-0.25, -0.2) is 0 Å². The number of benzene rings is 1. The fourth-order valence-electron chi connectivity index (χ4n) is 1.67. The van der Waals surface area contributed by atoms with Crippen LogP contribution in [-0.4, -0.2) is 15.7 Å². The molecule has 4 nitrogen and oxygen atoms in total. The van der Waals surface area contributed by atoms with Gasteiger partial charge >= 0.3 is 6.18 Å². The van der Waals surface area contributed by atoms with Crippen LogP contribution >= 0.6 is 11.6 Å². The molecule has 1 aromatic carbocycles. The van der Waals surface area contributed by atoms with Gasteiger partial charge in [0.05, 0.1) is 0 Å². The second-order valence-electron chi connectivity index (χ2n) is 4.40. The number of nitrogens with one attached hydrogen (secondary N) is 1. The van der Waals surface area contributed by atoms with Crippen LogP contribution < -0.4 is 5.32 Å². The lowest BCUT2D eigenvalue weighted by atomic mass is 10.2. The molecule has 21 heavy (non-hydrogen) atoms. The third-order valence-corrected chi connectivity index (χ3v) is 2.95. The lowest BCUT2D eigenvalue weighted by Gasteiger charge is -2.09. The Kier molecular flexibility index (Phi) is 4.22. The fourth-order valence-corrected chi connectivity index (χ4v) is 1.84. The Morgan fingerprint density at radius 1 is 1.38 bits per heavy atom. The molecular weight excluding hydrogens is 307 g/mol. The number of rotatable bonds is 3. The van der Waals surface area contributed by atoms with Gasteiger partial charge in [-0.15, -0.1) is 0 Å². The number of amides is 1. The highest BCUT2D eigenvalue weighted by Crippen LogP contribution is 2.27. The summed E-state index contributed by atoms with van der Waals surface area (Å²) in [5.74, 6) is -0.489. The van der Waals surface area contributed by atoms with Crippen LogP contribution in [0.4, 0.5) is 18.9 Å². The molecule has 0 saturated carbocycles. The summed E-state index contributed by atoms with van der Waals surface area (Å²) in [6.07, 6.45) is -3.42. The molecular formula is C13H11ClF3N3O. The smallest absolute Gasteiger partial charge is 0.324 e. The molecule has 0 bridgehead atoms. The lowest BCUT2D eigenvalue weighted by molar-refractivity contribution is -0.141. The maximum atomic E-state index is 12.4. The molecule has 0 aliphatic rings. The second kappa shape index (κ2) is 5.77. The maximum absolute atomic E-state index is 12.4. The molecule has 0 spiro atoms. The lowest BCUT2D eigenvalue weighted by Crippen LogP contribution is -2.20. The summed E-state index contributed by atoms with van der Waals surface area (Å²) in [6, 6.07) is 5.79. The van der Waals surface area contributed by atoms with Gasteiger partial charge in [0.2, 0.25) is 5.91 Å². The molecule has 0 saturated heterocycles. The summed E-state index contributed by atoms with van der Waals surface area (Å²) < 4.78 is 38.1. The summed E-state index contributed by atoms with van der Waals surface area (Å²) in [5, 5.41) is 6.34. The number of halogens is 4. The molecule has 0 aliphatic heterocycles. The average Bonchev–Trinajstić information content (AvgIpc) is 2.82. The number of hydrogen-bond acceptors (Lipinski definition) is 2. The molecule has 1 aromatic heterocycles. The zero-order chi connectivity index (χ0) is 15.6. The van der Waals surface area contributed by atoms with Crippen molar-refractivity contribution < 1.29 is 18.0 Å². The number of hydrogen-bond donors (Lipinski definition) is 1. The van der Waals surface area contributed by atoms with Crippen LogP contribution in [0.3, 0.4) is 0 Å². The Labute approximate surface area is 123 Å². The summed E-state index contributed by atoms with van der Waals surface area (Å²) in [5.41, 5.74) is 0.272. The standard InChI is InChI=1S/C13H11ClF3N3O/c1-8-2-3-9(14)6-10(8)18-12(21)7-20-5-4-11(19-20)13(15,16)17/h2-6H,7H2,1H3,(H,18,21). The first-order valence-electron chi connectivity index (χ1n) is 5.92. The van der Waals surface area contributed by atoms with E-state index in [1.165, 1.54) is 0 Å². The van der Waals surface area contributed by atoms with Crippen molar-refractivity contribution in [2.75, 3.05) is 5.32 Å². The van der Waals surface area contributed by atoms with E-state index in [0.29, 0.717) is 10.7 Å². The van der Waals surface area contributed by atoms with E-state index in [4.69, 9.17) is 11.6 Å². The van der Waals surface area contributed by atoms with Crippen molar-refractivity contribution in [2.24, 2.45) is 0 Å². The highest BCUT2D eigenvalue weighted by molar-refractivity contribution is 6.31. The second-order valence-corrected chi connectivity index (χ2v) is 4.84. The average molecular weight is 318 g/mol. The quantitative estimate of drug-likeness (QED) is 0.941. The van der Waals surface area contributed by atoms with Crippen LogP contribution in [0.15, 0.2) is 30.5 Å². The van der Waals surface area contributed by atoms with Crippen molar-refractivity contribution in [1.29, 1.82) is 0 Å². The molecule has 0 aliphatic carbocycles. The van der Waals surface area contributed by atoms with Crippen LogP contribution in [0, 0.1) is 6.92 Å². The van der Waals surface area contributed by atoms with Crippen LogP contribution in [0.25, 0.3) is 0 Å². The third kappa shape index (κ3) is 3.98. The molecule has 0 unspecified atom stereocenters. The van der Waals surface area contributed by atoms with Gasteiger partial charge in [0.1, 0.15) is 6.54 Å². The van der Waals surface area contributed by atoms with E-state index in [1.807, 2.05) is 0 Å². The van der Waals surface area contributed by atoms with Crippen LogP contribution in [0.1, 0.15) is 11.3 Å². The zero-order valence-electron chi connectivity index (χ0n) is 10.9. The molecule has 2 rings (SSSR count). The van der Waals surface area contributed by atoms with E-state index in [0.717, 1.165) is 22.5 Å². The first kappa shape index (κ1) is 15.4. The number of aryl methyl sites for hydroxylation is 1. The Morgan fingerprint density at radius 2 is 2.10 bits per heavy atom. The van der Waals surface area contributed by atoms with Crippen molar-refractivity contribution >= 4 is 23.2 Å². The van der Waals surface area contributed by atoms with Gasteiger partial charge < -0.3 is 5.32 Å². The molecule has 2 aromatic rings. The summed E-state index contributed by atoms with van der Waals surface area (Å²) in [6.45, 7) is 1.46. The van der Waals surface area contributed by atoms with E-state index in [1.54, 1.807) is 25.1 Å². The topological polar surface area (TPSA) is 46.9 Å². The van der Waals surface area contributed by atoms with Crippen LogP contribution in [0.2, 0.25) is 5.02 Å². The van der Waals surface area contributed by atoms with E-state index in [9.17, 15) is 18.0 Å². The number of nitrogens with zero attached hydrogens (tertiary/aromatic N) is 2. The van der Waals surface area contributed by atoms with Gasteiger partial charge in [-0.05, 0) is 30.7 Å². The fraction of sp³-hybridized carbons (Fsp3) is 0.231. The number of carbonyl (C=O) groups excluding carboxylic acids is 1. The van der Waals surface area contributed by atoms with E-state index in [-0.39, 0.29) is 6.54 Å². The number of carbonyl (C=O) groups is 1. The van der Waals surface area contributed by atoms with Gasteiger partial charge in [0.15, 0.2) is 5.69 Å². The largest absolute Gasteiger partial charge is 0.435 e. The molecule has 0 fully saturated rings. The van der Waals surface area contributed by atoms with Crippen molar-refractivity contribution in [3.63, 3.8) is 0 Å². The van der Waals surface area contributed by atoms with Crippen molar-refractivity contribution in [3.8, 4) is 0 Å². The third-order valence-electron chi connectivity index (χ3n) is 2.71. The molecule has 1 N–H and O–H groups in total. The van der Waals surface area contributed by atoms with Crippen LogP contribution in [0.5, 0.6) is 0 Å². The summed E-state index contributed by atoms with van der Waals surface area (Å²) in [7, 11) is 0. The first-order valence-corrected chi connectivity index (χ1v) is 6.30. The van der Waals surface area contributed by atoms with Gasteiger partial charge in [0.25, 0.3) is 0 Å². The van der Waals surface area contributed by atoms with Crippen molar-refractivity contribution in [3.05, 3.63) is 46.7 Å². The van der Waals surface area contributed by atoms with E-state index in [2.05, 4.69) is 10.4 Å². The van der Waals surface area contributed by atoms with Gasteiger partial charge in [0, 0.05) is 16.9 Å². The minimum Gasteiger partial charge on any atom is -0.324 e. The monoisotopic (exact) mass is 317 g/mol. The molecule has 1 heterocycles. The number of alkyl halides is 3. The highest BCUT2D eigenvalue weighted by atomic mass is 35.5.